The van der Waals surface area contributed by atoms with E-state index in [1.807, 2.05) is 0 Å². The molecule has 0 N–H and O–H groups in total. The van der Waals surface area contributed by atoms with Gasteiger partial charge in [0.05, 0.1) is 13.2 Å². The average Bonchev–Trinajstić information content (AvgIpc) is 3.43. The van der Waals surface area contributed by atoms with Crippen LogP contribution in [0.5, 0.6) is 0 Å². The van der Waals surface area contributed by atoms with Crippen LogP contribution in [0.4, 0.5) is 0 Å². The highest BCUT2D eigenvalue weighted by atomic mass is 16.5. The van der Waals surface area contributed by atoms with Crippen molar-refractivity contribution in [2.45, 2.75) is 44.6 Å². The number of rotatable bonds is 4. The maximum absolute atomic E-state index is 13.2. The fourth-order valence-corrected chi connectivity index (χ4v) is 4.51. The van der Waals surface area contributed by atoms with Gasteiger partial charge in [-0.05, 0) is 44.1 Å². The summed E-state index contributed by atoms with van der Waals surface area (Å²) in [5, 5.41) is 0. The Morgan fingerprint density at radius 3 is 2.84 bits per heavy atom. The Morgan fingerprint density at radius 2 is 2.04 bits per heavy atom. The number of carbonyl (C=O) groups is 1. The molecule has 0 unspecified atom stereocenters. The highest BCUT2D eigenvalue weighted by Gasteiger charge is 2.47. The lowest BCUT2D eigenvalue weighted by atomic mass is 9.99. The number of likely N-dealkylation sites (tertiary alicyclic amines) is 1. The number of ether oxygens (including phenoxy) is 1. The van der Waals surface area contributed by atoms with Gasteiger partial charge in [-0.3, -0.25) is 9.69 Å². The number of piperidine rings is 1. The standard InChI is InChI=1S/C21H30N2O2/c1-16-5-4-6-17(13-16)19-14-20(19)21(24)23-8-3-2-7-18(23)15-22-9-11-25-12-10-22/h4-6,13,18-20H,2-3,7-12,14-15H2,1H3/t18-,19+,20-/m1/s1. The number of morpholine rings is 1. The van der Waals surface area contributed by atoms with Crippen molar-refractivity contribution in [2.75, 3.05) is 39.4 Å². The lowest BCUT2D eigenvalue weighted by Gasteiger charge is -2.40. The van der Waals surface area contributed by atoms with Gasteiger partial charge in [-0.2, -0.15) is 0 Å². The second kappa shape index (κ2) is 7.46. The van der Waals surface area contributed by atoms with Crippen LogP contribution in [0.3, 0.4) is 0 Å². The highest BCUT2D eigenvalue weighted by Crippen LogP contribution is 2.49. The SMILES string of the molecule is Cc1cccc([C@@H]2C[C@H]2C(=O)N2CCCC[C@@H]2CN2CCOCC2)c1. The van der Waals surface area contributed by atoms with Crippen LogP contribution in [-0.2, 0) is 9.53 Å². The molecule has 0 spiro atoms. The predicted molar refractivity (Wildman–Crippen MR) is 98.6 cm³/mol. The maximum Gasteiger partial charge on any atom is 0.226 e. The van der Waals surface area contributed by atoms with Crippen LogP contribution in [0.25, 0.3) is 0 Å². The third-order valence-corrected chi connectivity index (χ3v) is 6.06. The monoisotopic (exact) mass is 342 g/mol. The molecule has 1 amide bonds. The summed E-state index contributed by atoms with van der Waals surface area (Å²) in [4.78, 5) is 17.9. The molecule has 0 radical (unpaired) electrons. The number of amides is 1. The zero-order chi connectivity index (χ0) is 17.2. The molecule has 2 aliphatic heterocycles. The van der Waals surface area contributed by atoms with Gasteiger partial charge in [0.1, 0.15) is 0 Å². The molecule has 1 aliphatic carbocycles. The Morgan fingerprint density at radius 1 is 1.20 bits per heavy atom. The Kier molecular flexibility index (Phi) is 5.09. The lowest BCUT2D eigenvalue weighted by Crippen LogP contribution is -2.51. The van der Waals surface area contributed by atoms with Gasteiger partial charge >= 0.3 is 0 Å². The van der Waals surface area contributed by atoms with E-state index in [1.54, 1.807) is 0 Å². The van der Waals surface area contributed by atoms with E-state index < -0.39 is 0 Å². The van der Waals surface area contributed by atoms with Crippen molar-refractivity contribution in [3.63, 3.8) is 0 Å². The van der Waals surface area contributed by atoms with Crippen LogP contribution in [0.1, 0.15) is 42.7 Å². The Bertz CT molecular complexity index is 612. The van der Waals surface area contributed by atoms with Crippen molar-refractivity contribution in [1.82, 2.24) is 9.80 Å². The summed E-state index contributed by atoms with van der Waals surface area (Å²) < 4.78 is 5.46. The van der Waals surface area contributed by atoms with Crippen molar-refractivity contribution in [3.05, 3.63) is 35.4 Å². The Labute approximate surface area is 151 Å². The van der Waals surface area contributed by atoms with Gasteiger partial charge in [0.2, 0.25) is 5.91 Å². The van der Waals surface area contributed by atoms with Gasteiger partial charge in [-0.15, -0.1) is 0 Å². The number of nitrogens with zero attached hydrogens (tertiary/aromatic N) is 2. The van der Waals surface area contributed by atoms with Gasteiger partial charge in [0.25, 0.3) is 0 Å². The molecule has 3 fully saturated rings. The number of hydrogen-bond donors (Lipinski definition) is 0. The van der Waals surface area contributed by atoms with Crippen LogP contribution in [0.15, 0.2) is 24.3 Å². The van der Waals surface area contributed by atoms with E-state index >= 15 is 0 Å². The fourth-order valence-electron chi connectivity index (χ4n) is 4.51. The van der Waals surface area contributed by atoms with Crippen molar-refractivity contribution in [2.24, 2.45) is 5.92 Å². The van der Waals surface area contributed by atoms with E-state index in [0.717, 1.165) is 58.7 Å². The Hall–Kier alpha value is -1.39. The first-order chi connectivity index (χ1) is 12.2. The first-order valence-corrected chi connectivity index (χ1v) is 9.89. The molecule has 4 heteroatoms. The lowest BCUT2D eigenvalue weighted by molar-refractivity contribution is -0.137. The van der Waals surface area contributed by atoms with Crippen LogP contribution in [-0.4, -0.2) is 61.1 Å². The first-order valence-electron chi connectivity index (χ1n) is 9.89. The minimum Gasteiger partial charge on any atom is -0.379 e. The number of benzene rings is 1. The molecule has 1 saturated carbocycles. The molecule has 2 saturated heterocycles. The van der Waals surface area contributed by atoms with Crippen LogP contribution in [0.2, 0.25) is 0 Å². The molecular weight excluding hydrogens is 312 g/mol. The van der Waals surface area contributed by atoms with Crippen molar-refractivity contribution < 1.29 is 9.53 Å². The largest absolute Gasteiger partial charge is 0.379 e. The summed E-state index contributed by atoms with van der Waals surface area (Å²) >= 11 is 0. The van der Waals surface area contributed by atoms with E-state index in [0.29, 0.717) is 17.9 Å². The second-order valence-electron chi connectivity index (χ2n) is 7.96. The highest BCUT2D eigenvalue weighted by molar-refractivity contribution is 5.83. The second-order valence-corrected chi connectivity index (χ2v) is 7.96. The minimum absolute atomic E-state index is 0.215. The summed E-state index contributed by atoms with van der Waals surface area (Å²) in [5.74, 6) is 1.06. The van der Waals surface area contributed by atoms with Gasteiger partial charge in [0.15, 0.2) is 0 Å². The zero-order valence-electron chi connectivity index (χ0n) is 15.3. The Balaban J connectivity index is 1.39. The topological polar surface area (TPSA) is 32.8 Å². The minimum atomic E-state index is 0.215. The summed E-state index contributed by atoms with van der Waals surface area (Å²) in [5.41, 5.74) is 2.64. The van der Waals surface area contributed by atoms with Crippen LogP contribution in [0, 0.1) is 12.8 Å². The van der Waals surface area contributed by atoms with E-state index in [9.17, 15) is 4.79 Å². The van der Waals surface area contributed by atoms with Crippen LogP contribution < -0.4 is 0 Å². The fraction of sp³-hybridized carbons (Fsp3) is 0.667. The molecule has 2 heterocycles. The smallest absolute Gasteiger partial charge is 0.226 e. The normalized spacial score (nSPS) is 30.3. The molecule has 1 aromatic rings. The molecule has 3 atom stereocenters. The molecule has 25 heavy (non-hydrogen) atoms. The average molecular weight is 342 g/mol. The molecule has 4 rings (SSSR count). The van der Waals surface area contributed by atoms with Gasteiger partial charge in [-0.1, -0.05) is 29.8 Å². The van der Waals surface area contributed by atoms with E-state index in [-0.39, 0.29) is 5.92 Å². The van der Waals surface area contributed by atoms with E-state index in [1.165, 1.54) is 17.5 Å². The summed E-state index contributed by atoms with van der Waals surface area (Å²) in [7, 11) is 0. The van der Waals surface area contributed by atoms with E-state index in [2.05, 4.69) is 41.0 Å². The predicted octanol–water partition coefficient (Wildman–Crippen LogP) is 2.81. The van der Waals surface area contributed by atoms with Crippen LogP contribution >= 0.6 is 0 Å². The molecule has 3 aliphatic rings. The third-order valence-electron chi connectivity index (χ3n) is 6.06. The van der Waals surface area contributed by atoms with Crippen molar-refractivity contribution >= 4 is 5.91 Å². The van der Waals surface area contributed by atoms with Crippen molar-refractivity contribution in [1.29, 1.82) is 0 Å². The number of aryl methyl sites for hydroxylation is 1. The third kappa shape index (κ3) is 3.90. The molecule has 136 valence electrons. The first kappa shape index (κ1) is 17.0. The molecule has 4 nitrogen and oxygen atoms in total. The van der Waals surface area contributed by atoms with Gasteiger partial charge < -0.3 is 9.64 Å². The van der Waals surface area contributed by atoms with E-state index in [4.69, 9.17) is 4.74 Å². The summed E-state index contributed by atoms with van der Waals surface area (Å²) in [6.45, 7) is 7.78. The van der Waals surface area contributed by atoms with Gasteiger partial charge in [-0.25, -0.2) is 0 Å². The van der Waals surface area contributed by atoms with Crippen molar-refractivity contribution in [3.8, 4) is 0 Å². The molecule has 0 aromatic heterocycles. The quantitative estimate of drug-likeness (QED) is 0.843. The zero-order valence-corrected chi connectivity index (χ0v) is 15.3. The van der Waals surface area contributed by atoms with Gasteiger partial charge in [0, 0.05) is 38.1 Å². The number of hydrogen-bond acceptors (Lipinski definition) is 3. The maximum atomic E-state index is 13.2. The summed E-state index contributed by atoms with van der Waals surface area (Å²) in [6, 6.07) is 9.09. The molecule has 0 bridgehead atoms. The summed E-state index contributed by atoms with van der Waals surface area (Å²) in [6.07, 6.45) is 4.60. The molecule has 1 aromatic carbocycles. The molecular formula is C21H30N2O2. The number of carbonyl (C=O) groups excluding carboxylic acids is 1.